The number of hydrogen-bond acceptors (Lipinski definition) is 5. The first-order valence-electron chi connectivity index (χ1n) is 6.06. The summed E-state index contributed by atoms with van der Waals surface area (Å²) in [5.41, 5.74) is 6.70. The van der Waals surface area contributed by atoms with E-state index in [9.17, 15) is 4.39 Å². The zero-order valence-electron chi connectivity index (χ0n) is 10.7. The van der Waals surface area contributed by atoms with E-state index < -0.39 is 5.82 Å². The average Bonchev–Trinajstić information content (AvgIpc) is 2.47. The van der Waals surface area contributed by atoms with Crippen molar-refractivity contribution >= 4 is 16.6 Å². The molecule has 6 heteroatoms. The van der Waals surface area contributed by atoms with E-state index in [1.807, 2.05) is 0 Å². The van der Waals surface area contributed by atoms with E-state index in [-0.39, 0.29) is 17.2 Å². The molecule has 0 aliphatic carbocycles. The summed E-state index contributed by atoms with van der Waals surface area (Å²) in [5, 5.41) is 9.63. The van der Waals surface area contributed by atoms with Crippen LogP contribution >= 0.6 is 0 Å². The molecule has 0 fully saturated rings. The van der Waals surface area contributed by atoms with Gasteiger partial charge >= 0.3 is 0 Å². The Balaban J connectivity index is 2.11. The van der Waals surface area contributed by atoms with Crippen LogP contribution in [0.25, 0.3) is 10.9 Å². The lowest BCUT2D eigenvalue weighted by Crippen LogP contribution is -1.95. The molecule has 2 N–H and O–H groups in total. The van der Waals surface area contributed by atoms with Gasteiger partial charge < -0.3 is 10.5 Å². The number of nitriles is 1. The highest BCUT2D eigenvalue weighted by Crippen LogP contribution is 2.30. The van der Waals surface area contributed by atoms with Crippen molar-refractivity contribution in [1.29, 1.82) is 5.26 Å². The lowest BCUT2D eigenvalue weighted by Gasteiger charge is -2.09. The van der Waals surface area contributed by atoms with Crippen molar-refractivity contribution in [3.63, 3.8) is 0 Å². The lowest BCUT2D eigenvalue weighted by atomic mass is 10.2. The first-order valence-corrected chi connectivity index (χ1v) is 6.06. The predicted molar refractivity (Wildman–Crippen MR) is 75.1 cm³/mol. The van der Waals surface area contributed by atoms with Gasteiger partial charge in [0.25, 0.3) is 0 Å². The molecule has 0 spiro atoms. The molecule has 1 heterocycles. The molecule has 0 radical (unpaired) electrons. The van der Waals surface area contributed by atoms with E-state index in [2.05, 4.69) is 9.97 Å². The zero-order chi connectivity index (χ0) is 14.8. The summed E-state index contributed by atoms with van der Waals surface area (Å²) in [4.78, 5) is 8.13. The third kappa shape index (κ3) is 2.32. The molecule has 3 aromatic rings. The van der Waals surface area contributed by atoms with Gasteiger partial charge in [0.1, 0.15) is 29.5 Å². The summed E-state index contributed by atoms with van der Waals surface area (Å²) in [7, 11) is 0. The quantitative estimate of drug-likeness (QED) is 0.729. The Morgan fingerprint density at radius 3 is 2.86 bits per heavy atom. The first kappa shape index (κ1) is 12.8. The molecule has 1 aromatic heterocycles. The topological polar surface area (TPSA) is 84.8 Å². The fourth-order valence-electron chi connectivity index (χ4n) is 1.93. The summed E-state index contributed by atoms with van der Waals surface area (Å²) in [6.07, 6.45) is 1.32. The maximum Gasteiger partial charge on any atom is 0.230 e. The van der Waals surface area contributed by atoms with Gasteiger partial charge in [-0.05, 0) is 30.3 Å². The number of nitrogens with two attached hydrogens (primary N) is 1. The fraction of sp³-hybridized carbons (Fsp3) is 0. The van der Waals surface area contributed by atoms with Crippen molar-refractivity contribution in [2.75, 3.05) is 5.73 Å². The number of halogens is 1. The van der Waals surface area contributed by atoms with Gasteiger partial charge in [-0.15, -0.1) is 0 Å². The normalized spacial score (nSPS) is 10.3. The van der Waals surface area contributed by atoms with Crippen LogP contribution in [0.4, 0.5) is 10.1 Å². The third-order valence-corrected chi connectivity index (χ3v) is 2.92. The second-order valence-electron chi connectivity index (χ2n) is 4.28. The minimum Gasteiger partial charge on any atom is -0.437 e. The third-order valence-electron chi connectivity index (χ3n) is 2.92. The maximum absolute atomic E-state index is 13.6. The molecular formula is C15H9FN4O. The summed E-state index contributed by atoms with van der Waals surface area (Å²) in [6, 6.07) is 11.0. The van der Waals surface area contributed by atoms with E-state index in [4.69, 9.17) is 15.7 Å². The van der Waals surface area contributed by atoms with Crippen LogP contribution < -0.4 is 10.5 Å². The fourth-order valence-corrected chi connectivity index (χ4v) is 1.93. The van der Waals surface area contributed by atoms with Crippen molar-refractivity contribution in [3.8, 4) is 17.7 Å². The second kappa shape index (κ2) is 5.06. The summed E-state index contributed by atoms with van der Waals surface area (Å²) in [5.74, 6) is -0.297. The maximum atomic E-state index is 13.6. The van der Waals surface area contributed by atoms with Crippen LogP contribution in [0.5, 0.6) is 11.6 Å². The highest BCUT2D eigenvalue weighted by atomic mass is 19.1. The summed E-state index contributed by atoms with van der Waals surface area (Å²) >= 11 is 0. The van der Waals surface area contributed by atoms with Gasteiger partial charge in [-0.3, -0.25) is 0 Å². The highest BCUT2D eigenvalue weighted by molar-refractivity contribution is 5.86. The van der Waals surface area contributed by atoms with Crippen molar-refractivity contribution in [3.05, 3.63) is 54.1 Å². The number of rotatable bonds is 2. The van der Waals surface area contributed by atoms with Crippen LogP contribution in [0.1, 0.15) is 5.56 Å². The van der Waals surface area contributed by atoms with Crippen LogP contribution in [0.2, 0.25) is 0 Å². The van der Waals surface area contributed by atoms with Gasteiger partial charge in [0.2, 0.25) is 5.88 Å². The van der Waals surface area contributed by atoms with Gasteiger partial charge in [-0.25, -0.2) is 14.4 Å². The Morgan fingerprint density at radius 1 is 1.19 bits per heavy atom. The van der Waals surface area contributed by atoms with Crippen LogP contribution in [0.15, 0.2) is 42.7 Å². The standard InChI is InChI=1S/C15H9FN4O/c16-12-2-1-3-14(11(12)7-17)21-15-10-5-4-9(18)6-13(10)19-8-20-15/h1-6,8H,18H2. The molecule has 0 aliphatic rings. The number of anilines is 1. The predicted octanol–water partition coefficient (Wildman–Crippen LogP) is 3.02. The number of hydrogen-bond donors (Lipinski definition) is 1. The van der Waals surface area contributed by atoms with Crippen molar-refractivity contribution < 1.29 is 9.13 Å². The van der Waals surface area contributed by atoms with E-state index >= 15 is 0 Å². The number of aromatic nitrogens is 2. The SMILES string of the molecule is N#Cc1c(F)cccc1Oc1ncnc2cc(N)ccc12. The van der Waals surface area contributed by atoms with Crippen LogP contribution in [-0.2, 0) is 0 Å². The molecule has 102 valence electrons. The van der Waals surface area contributed by atoms with Crippen molar-refractivity contribution in [2.24, 2.45) is 0 Å². The molecule has 0 saturated carbocycles. The number of fused-ring (bicyclic) bond motifs is 1. The molecule has 21 heavy (non-hydrogen) atoms. The molecule has 5 nitrogen and oxygen atoms in total. The molecule has 0 aliphatic heterocycles. The summed E-state index contributed by atoms with van der Waals surface area (Å²) in [6.45, 7) is 0. The van der Waals surface area contributed by atoms with E-state index in [1.54, 1.807) is 24.3 Å². The van der Waals surface area contributed by atoms with Crippen LogP contribution in [-0.4, -0.2) is 9.97 Å². The minimum atomic E-state index is -0.641. The van der Waals surface area contributed by atoms with Gasteiger partial charge in [-0.2, -0.15) is 5.26 Å². The molecule has 0 amide bonds. The molecule has 2 aromatic carbocycles. The number of nitrogen functional groups attached to an aromatic ring is 1. The van der Waals surface area contributed by atoms with Crippen molar-refractivity contribution in [1.82, 2.24) is 9.97 Å². The van der Waals surface area contributed by atoms with Gasteiger partial charge in [0, 0.05) is 5.69 Å². The Morgan fingerprint density at radius 2 is 2.05 bits per heavy atom. The largest absolute Gasteiger partial charge is 0.437 e. The number of benzene rings is 2. The molecule has 3 rings (SSSR count). The van der Waals surface area contributed by atoms with Gasteiger partial charge in [0.15, 0.2) is 0 Å². The lowest BCUT2D eigenvalue weighted by molar-refractivity contribution is 0.461. The van der Waals surface area contributed by atoms with E-state index in [0.717, 1.165) is 0 Å². The van der Waals surface area contributed by atoms with Crippen LogP contribution in [0, 0.1) is 17.1 Å². The summed E-state index contributed by atoms with van der Waals surface area (Å²) < 4.78 is 19.1. The molecule has 0 unspecified atom stereocenters. The van der Waals surface area contributed by atoms with E-state index in [1.165, 1.54) is 24.5 Å². The number of nitrogens with zero attached hydrogens (tertiary/aromatic N) is 3. The minimum absolute atomic E-state index is 0.106. The smallest absolute Gasteiger partial charge is 0.230 e. The highest BCUT2D eigenvalue weighted by Gasteiger charge is 2.12. The zero-order valence-corrected chi connectivity index (χ0v) is 10.7. The second-order valence-corrected chi connectivity index (χ2v) is 4.28. The van der Waals surface area contributed by atoms with Gasteiger partial charge in [0.05, 0.1) is 10.9 Å². The monoisotopic (exact) mass is 280 g/mol. The molecule has 0 atom stereocenters. The van der Waals surface area contributed by atoms with E-state index in [0.29, 0.717) is 16.6 Å². The Bertz CT molecular complexity index is 873. The molecule has 0 bridgehead atoms. The molecule has 0 saturated heterocycles. The first-order chi connectivity index (χ1) is 10.2. The van der Waals surface area contributed by atoms with Gasteiger partial charge in [-0.1, -0.05) is 6.07 Å². The number of ether oxygens (including phenoxy) is 1. The Kier molecular flexibility index (Phi) is 3.09. The molecular weight excluding hydrogens is 271 g/mol. The Labute approximate surface area is 119 Å². The van der Waals surface area contributed by atoms with Crippen molar-refractivity contribution in [2.45, 2.75) is 0 Å². The van der Waals surface area contributed by atoms with Crippen LogP contribution in [0.3, 0.4) is 0 Å². The Hall–Kier alpha value is -3.20. The average molecular weight is 280 g/mol.